The van der Waals surface area contributed by atoms with Crippen LogP contribution in [0.2, 0.25) is 5.02 Å². The molecule has 0 saturated carbocycles. The number of hydrogen-bond acceptors (Lipinski definition) is 2. The number of halogens is 1. The lowest BCUT2D eigenvalue weighted by molar-refractivity contribution is 0.300. The second kappa shape index (κ2) is 9.37. The molecule has 0 N–H and O–H groups in total. The zero-order valence-electron chi connectivity index (χ0n) is 14.9. The molecule has 0 radical (unpaired) electrons. The zero-order valence-corrected chi connectivity index (χ0v) is 16.4. The molecule has 25 heavy (non-hydrogen) atoms. The maximum Gasteiger partial charge on any atom is 0.243 e. The van der Waals surface area contributed by atoms with Crippen LogP contribution in [0.4, 0.5) is 0 Å². The molecule has 136 valence electrons. The van der Waals surface area contributed by atoms with E-state index in [2.05, 4.69) is 12.1 Å². The van der Waals surface area contributed by atoms with Crippen LogP contribution in [0.15, 0.2) is 59.5 Å². The molecule has 2 rings (SSSR count). The molecule has 0 aliphatic carbocycles. The summed E-state index contributed by atoms with van der Waals surface area (Å²) < 4.78 is 27.9. The van der Waals surface area contributed by atoms with E-state index in [1.165, 1.54) is 5.56 Å². The van der Waals surface area contributed by atoms with Crippen molar-refractivity contribution in [2.45, 2.75) is 50.5 Å². The van der Waals surface area contributed by atoms with E-state index in [9.17, 15) is 8.42 Å². The molecule has 0 amide bonds. The molecule has 2 aromatic rings. The molecule has 0 fully saturated rings. The van der Waals surface area contributed by atoms with Gasteiger partial charge in [0.25, 0.3) is 0 Å². The molecule has 0 aliphatic rings. The van der Waals surface area contributed by atoms with Crippen molar-refractivity contribution in [1.29, 1.82) is 0 Å². The van der Waals surface area contributed by atoms with Crippen molar-refractivity contribution in [2.75, 3.05) is 6.54 Å². The first-order chi connectivity index (χ1) is 12.0. The molecular weight excluding hydrogens is 354 g/mol. The van der Waals surface area contributed by atoms with Crippen LogP contribution >= 0.6 is 11.6 Å². The second-order valence-electron chi connectivity index (χ2n) is 6.13. The number of benzene rings is 2. The summed E-state index contributed by atoms with van der Waals surface area (Å²) in [5, 5.41) is 0.539. The van der Waals surface area contributed by atoms with Gasteiger partial charge in [0.2, 0.25) is 10.0 Å². The Kier molecular flexibility index (Phi) is 7.48. The fraction of sp³-hybridized carbons (Fsp3) is 0.400. The summed E-state index contributed by atoms with van der Waals surface area (Å²) in [5.41, 5.74) is 1.23. The Bertz CT molecular complexity index is 741. The van der Waals surface area contributed by atoms with Crippen LogP contribution in [0.3, 0.4) is 0 Å². The molecule has 0 aliphatic heterocycles. The van der Waals surface area contributed by atoms with Crippen molar-refractivity contribution in [3.8, 4) is 0 Å². The summed E-state index contributed by atoms with van der Waals surface area (Å²) in [4.78, 5) is 0.309. The van der Waals surface area contributed by atoms with E-state index in [1.807, 2.05) is 32.0 Å². The Morgan fingerprint density at radius 2 is 1.56 bits per heavy atom. The maximum atomic E-state index is 13.1. The highest BCUT2D eigenvalue weighted by atomic mass is 35.5. The van der Waals surface area contributed by atoms with E-state index in [0.717, 1.165) is 25.7 Å². The highest BCUT2D eigenvalue weighted by Gasteiger charge is 2.29. The van der Waals surface area contributed by atoms with Crippen molar-refractivity contribution in [2.24, 2.45) is 0 Å². The fourth-order valence-corrected chi connectivity index (χ4v) is 4.96. The molecule has 0 heterocycles. The van der Waals surface area contributed by atoms with E-state index < -0.39 is 10.0 Å². The lowest BCUT2D eigenvalue weighted by Crippen LogP contribution is -2.40. The van der Waals surface area contributed by atoms with Gasteiger partial charge in [0.15, 0.2) is 0 Å². The summed E-state index contributed by atoms with van der Waals surface area (Å²) in [5.74, 6) is 0. The van der Waals surface area contributed by atoms with Crippen molar-refractivity contribution < 1.29 is 8.42 Å². The third-order valence-corrected chi connectivity index (χ3v) is 6.67. The van der Waals surface area contributed by atoms with E-state index in [-0.39, 0.29) is 6.04 Å². The first kappa shape index (κ1) is 20.0. The van der Waals surface area contributed by atoms with Crippen LogP contribution in [-0.4, -0.2) is 25.3 Å². The standard InChI is InChI=1S/C20H26ClNO2S/c1-3-19(4-2)22(16-8-11-17-9-6-5-7-10-17)25(23,24)20-14-12-18(21)13-15-20/h5-7,9-10,12-15,19H,3-4,8,11,16H2,1-2H3. The van der Waals surface area contributed by atoms with Gasteiger partial charge in [0.1, 0.15) is 0 Å². The highest BCUT2D eigenvalue weighted by molar-refractivity contribution is 7.89. The van der Waals surface area contributed by atoms with Crippen molar-refractivity contribution in [3.63, 3.8) is 0 Å². The van der Waals surface area contributed by atoms with Gasteiger partial charge in [-0.3, -0.25) is 0 Å². The van der Waals surface area contributed by atoms with Gasteiger partial charge in [-0.1, -0.05) is 55.8 Å². The molecular formula is C20H26ClNO2S. The molecule has 0 unspecified atom stereocenters. The first-order valence-electron chi connectivity index (χ1n) is 8.80. The van der Waals surface area contributed by atoms with Crippen LogP contribution in [0, 0.1) is 0 Å². The first-order valence-corrected chi connectivity index (χ1v) is 10.6. The summed E-state index contributed by atoms with van der Waals surface area (Å²) in [6.07, 6.45) is 3.27. The van der Waals surface area contributed by atoms with Gasteiger partial charge in [-0.25, -0.2) is 8.42 Å². The second-order valence-corrected chi connectivity index (χ2v) is 8.46. The van der Waals surface area contributed by atoms with E-state index >= 15 is 0 Å². The monoisotopic (exact) mass is 379 g/mol. The lowest BCUT2D eigenvalue weighted by atomic mass is 10.1. The van der Waals surface area contributed by atoms with Gasteiger partial charge in [0, 0.05) is 17.6 Å². The van der Waals surface area contributed by atoms with Gasteiger partial charge < -0.3 is 0 Å². The Balaban J connectivity index is 2.18. The number of hydrogen-bond donors (Lipinski definition) is 0. The number of aryl methyl sites for hydroxylation is 1. The zero-order chi connectivity index (χ0) is 18.3. The van der Waals surface area contributed by atoms with Crippen molar-refractivity contribution in [3.05, 3.63) is 65.2 Å². The van der Waals surface area contributed by atoms with Crippen molar-refractivity contribution >= 4 is 21.6 Å². The normalized spacial score (nSPS) is 12.0. The summed E-state index contributed by atoms with van der Waals surface area (Å²) in [6, 6.07) is 16.6. The third-order valence-electron chi connectivity index (χ3n) is 4.46. The van der Waals surface area contributed by atoms with Crippen LogP contribution in [0.25, 0.3) is 0 Å². The van der Waals surface area contributed by atoms with Gasteiger partial charge in [-0.05, 0) is 55.5 Å². The van der Waals surface area contributed by atoms with Gasteiger partial charge in [-0.15, -0.1) is 0 Å². The van der Waals surface area contributed by atoms with E-state index in [0.29, 0.717) is 16.5 Å². The number of rotatable bonds is 9. The van der Waals surface area contributed by atoms with Crippen LogP contribution < -0.4 is 0 Å². The minimum Gasteiger partial charge on any atom is -0.207 e. The van der Waals surface area contributed by atoms with Crippen molar-refractivity contribution in [1.82, 2.24) is 4.31 Å². The molecule has 0 bridgehead atoms. The smallest absolute Gasteiger partial charge is 0.207 e. The topological polar surface area (TPSA) is 37.4 Å². The fourth-order valence-electron chi connectivity index (χ4n) is 3.02. The molecule has 0 aromatic heterocycles. The largest absolute Gasteiger partial charge is 0.243 e. The third kappa shape index (κ3) is 5.30. The minimum absolute atomic E-state index is 0.0106. The average Bonchev–Trinajstić information content (AvgIpc) is 2.62. The Morgan fingerprint density at radius 3 is 2.12 bits per heavy atom. The lowest BCUT2D eigenvalue weighted by Gasteiger charge is -2.29. The van der Waals surface area contributed by atoms with E-state index in [1.54, 1.807) is 28.6 Å². The quantitative estimate of drug-likeness (QED) is 0.604. The maximum absolute atomic E-state index is 13.1. The minimum atomic E-state index is -3.52. The molecule has 3 nitrogen and oxygen atoms in total. The van der Waals surface area contributed by atoms with Crippen LogP contribution in [0.5, 0.6) is 0 Å². The van der Waals surface area contributed by atoms with Crippen LogP contribution in [0.1, 0.15) is 38.7 Å². The predicted molar refractivity (Wildman–Crippen MR) is 104 cm³/mol. The Morgan fingerprint density at radius 1 is 0.960 bits per heavy atom. The average molecular weight is 380 g/mol. The molecule has 0 spiro atoms. The number of nitrogens with zero attached hydrogens (tertiary/aromatic N) is 1. The molecule has 5 heteroatoms. The summed E-state index contributed by atoms with van der Waals surface area (Å²) in [7, 11) is -3.52. The number of sulfonamides is 1. The summed E-state index contributed by atoms with van der Waals surface area (Å²) in [6.45, 7) is 4.59. The van der Waals surface area contributed by atoms with Crippen LogP contribution in [-0.2, 0) is 16.4 Å². The Labute approximate surface area is 156 Å². The highest BCUT2D eigenvalue weighted by Crippen LogP contribution is 2.23. The van der Waals surface area contributed by atoms with Gasteiger partial charge in [0.05, 0.1) is 4.90 Å². The van der Waals surface area contributed by atoms with E-state index in [4.69, 9.17) is 11.6 Å². The SMILES string of the molecule is CCC(CC)N(CCCc1ccccc1)S(=O)(=O)c1ccc(Cl)cc1. The summed E-state index contributed by atoms with van der Waals surface area (Å²) >= 11 is 5.90. The van der Waals surface area contributed by atoms with Gasteiger partial charge >= 0.3 is 0 Å². The Hall–Kier alpha value is -1.36. The molecule has 2 aromatic carbocycles. The molecule has 0 atom stereocenters. The van der Waals surface area contributed by atoms with Gasteiger partial charge in [-0.2, -0.15) is 4.31 Å². The predicted octanol–water partition coefficient (Wildman–Crippen LogP) is 5.15. The molecule has 0 saturated heterocycles.